The molecule has 0 radical (unpaired) electrons. The molecule has 0 heterocycles. The van der Waals surface area contributed by atoms with Gasteiger partial charge in [0.1, 0.15) is 0 Å². The molecule has 0 spiro atoms. The van der Waals surface area contributed by atoms with Crippen molar-refractivity contribution in [1.29, 1.82) is 0 Å². The molecule has 0 bridgehead atoms. The number of aliphatic hydroxyl groups is 1. The Bertz CT molecular complexity index is 1030. The van der Waals surface area contributed by atoms with E-state index in [1.807, 2.05) is 0 Å². The molecule has 0 saturated carbocycles. The summed E-state index contributed by atoms with van der Waals surface area (Å²) in [5, 5.41) is 22.2. The minimum Gasteiger partial charge on any atom is -0.478 e. The largest absolute Gasteiger partial charge is 0.478 e. The van der Waals surface area contributed by atoms with E-state index in [9.17, 15) is 15.0 Å². The van der Waals surface area contributed by atoms with E-state index in [0.717, 1.165) is 122 Å². The predicted molar refractivity (Wildman–Crippen MR) is 286 cm³/mol. The molecule has 406 valence electrons. The Labute approximate surface area is 422 Å². The van der Waals surface area contributed by atoms with Crippen molar-refractivity contribution in [3.8, 4) is 0 Å². The monoisotopic (exact) mass is 969 g/mol. The van der Waals surface area contributed by atoms with E-state index in [1.54, 1.807) is 0 Å². The second-order valence-electron chi connectivity index (χ2n) is 20.0. The quantitative estimate of drug-likeness (QED) is 0.0266. The van der Waals surface area contributed by atoms with Crippen molar-refractivity contribution >= 4 is 5.97 Å². The average Bonchev–Trinajstić information content (AvgIpc) is 3.33. The lowest BCUT2D eigenvalue weighted by molar-refractivity contribution is -0.337. The number of carboxylic acids is 1. The Balaban J connectivity index is 7.23. The van der Waals surface area contributed by atoms with E-state index >= 15 is 0 Å². The lowest BCUT2D eigenvalue weighted by atomic mass is 10.0. The maximum absolute atomic E-state index is 14.2. The van der Waals surface area contributed by atoms with Crippen LogP contribution in [0.25, 0.3) is 0 Å². The summed E-state index contributed by atoms with van der Waals surface area (Å²) in [5.74, 6) is -3.19. The third-order valence-corrected chi connectivity index (χ3v) is 13.3. The minimum atomic E-state index is -1.93. The summed E-state index contributed by atoms with van der Waals surface area (Å²) in [6.07, 6.45) is 42.5. The molecular formula is C59H116O9. The second-order valence-corrected chi connectivity index (χ2v) is 20.0. The SMILES string of the molecule is CCCCCCCCCOC(OCCCCC(O)CCCC)=C(C(=O)O)C(OCCCCCCCCC)(OCCCCCCCCC)C(OCCCCCCCCC)OCCCCCCCCC. The number of carbonyl (C=O) groups is 1. The van der Waals surface area contributed by atoms with Crippen LogP contribution in [-0.2, 0) is 33.2 Å². The number of unbranched alkanes of at least 4 members (excludes halogenated alkanes) is 32. The van der Waals surface area contributed by atoms with Gasteiger partial charge in [0.05, 0.1) is 32.5 Å². The van der Waals surface area contributed by atoms with Gasteiger partial charge in [-0.05, 0) is 57.8 Å². The van der Waals surface area contributed by atoms with Crippen molar-refractivity contribution < 1.29 is 43.4 Å². The van der Waals surface area contributed by atoms with Crippen LogP contribution in [0.5, 0.6) is 0 Å². The van der Waals surface area contributed by atoms with Crippen molar-refractivity contribution in [2.75, 3.05) is 39.6 Å². The first-order valence-electron chi connectivity index (χ1n) is 29.8. The third-order valence-electron chi connectivity index (χ3n) is 13.3. The first kappa shape index (κ1) is 66.6. The Morgan fingerprint density at radius 2 is 0.647 bits per heavy atom. The molecule has 1 unspecified atom stereocenters. The lowest BCUT2D eigenvalue weighted by Crippen LogP contribution is -2.55. The summed E-state index contributed by atoms with van der Waals surface area (Å²) < 4.78 is 40.7. The molecule has 2 N–H and O–H groups in total. The van der Waals surface area contributed by atoms with Gasteiger partial charge in [0.2, 0.25) is 6.29 Å². The molecule has 1 atom stereocenters. The van der Waals surface area contributed by atoms with Gasteiger partial charge in [0.25, 0.3) is 11.7 Å². The number of aliphatic carboxylic acids is 1. The number of hydrogen-bond acceptors (Lipinski definition) is 8. The summed E-state index contributed by atoms with van der Waals surface area (Å²) in [5.41, 5.74) is -0.196. The van der Waals surface area contributed by atoms with Crippen LogP contribution in [0.1, 0.15) is 305 Å². The molecule has 0 fully saturated rings. The molecule has 9 nitrogen and oxygen atoms in total. The Hall–Kier alpha value is -1.39. The summed E-state index contributed by atoms with van der Waals surface area (Å²) >= 11 is 0. The zero-order chi connectivity index (χ0) is 49.9. The van der Waals surface area contributed by atoms with Gasteiger partial charge < -0.3 is 38.6 Å². The van der Waals surface area contributed by atoms with Crippen LogP contribution in [-0.4, -0.2) is 74.0 Å². The fourth-order valence-corrected chi connectivity index (χ4v) is 8.79. The highest BCUT2D eigenvalue weighted by Crippen LogP contribution is 2.36. The topological polar surface area (TPSA) is 113 Å². The van der Waals surface area contributed by atoms with Gasteiger partial charge in [-0.2, -0.15) is 0 Å². The Morgan fingerprint density at radius 1 is 0.368 bits per heavy atom. The van der Waals surface area contributed by atoms with Crippen molar-refractivity contribution in [2.24, 2.45) is 0 Å². The zero-order valence-electron chi connectivity index (χ0n) is 46.1. The summed E-state index contributed by atoms with van der Waals surface area (Å²) in [4.78, 5) is 14.2. The summed E-state index contributed by atoms with van der Waals surface area (Å²) in [7, 11) is 0. The molecule has 0 amide bonds. The molecular weight excluding hydrogens is 853 g/mol. The fourth-order valence-electron chi connectivity index (χ4n) is 8.79. The van der Waals surface area contributed by atoms with Gasteiger partial charge in [-0.25, -0.2) is 4.79 Å². The van der Waals surface area contributed by atoms with Crippen LogP contribution in [0.15, 0.2) is 11.5 Å². The van der Waals surface area contributed by atoms with Crippen LogP contribution in [0.4, 0.5) is 0 Å². The minimum absolute atomic E-state index is 0.0572. The van der Waals surface area contributed by atoms with Crippen molar-refractivity contribution in [3.63, 3.8) is 0 Å². The van der Waals surface area contributed by atoms with Crippen LogP contribution in [0.2, 0.25) is 0 Å². The van der Waals surface area contributed by atoms with Gasteiger partial charge in [0, 0.05) is 13.2 Å². The highest BCUT2D eigenvalue weighted by atomic mass is 16.8. The average molecular weight is 970 g/mol. The van der Waals surface area contributed by atoms with Crippen LogP contribution in [0.3, 0.4) is 0 Å². The van der Waals surface area contributed by atoms with Gasteiger partial charge >= 0.3 is 5.97 Å². The van der Waals surface area contributed by atoms with Gasteiger partial charge in [-0.3, -0.25) is 0 Å². The number of aliphatic hydroxyl groups excluding tert-OH is 1. The molecule has 0 saturated heterocycles. The fraction of sp³-hybridized carbons (Fsp3) is 0.949. The molecule has 9 heteroatoms. The standard InChI is InChI=1S/C59H116O9/c1-7-13-19-24-29-34-40-48-63-57(64-49-45-39-47-54(60)46-18-12-6)55(56(61)62)59(67-52-43-37-32-27-22-16-10-4,68-53-44-38-33-28-23-17-11-5)58(65-50-41-35-30-25-20-14-8-2)66-51-42-36-31-26-21-15-9-3/h54,58,60H,7-53H2,1-6H3,(H,61,62). The predicted octanol–water partition coefficient (Wildman–Crippen LogP) is 17.9. The smallest absolute Gasteiger partial charge is 0.344 e. The van der Waals surface area contributed by atoms with E-state index in [4.69, 9.17) is 28.4 Å². The maximum atomic E-state index is 14.2. The van der Waals surface area contributed by atoms with E-state index in [0.29, 0.717) is 45.9 Å². The van der Waals surface area contributed by atoms with Gasteiger partial charge in [0.15, 0.2) is 5.57 Å². The van der Waals surface area contributed by atoms with Gasteiger partial charge in [-0.1, -0.05) is 247 Å². The molecule has 0 aromatic heterocycles. The van der Waals surface area contributed by atoms with Crippen LogP contribution in [0, 0.1) is 0 Å². The van der Waals surface area contributed by atoms with E-state index in [1.165, 1.54) is 128 Å². The van der Waals surface area contributed by atoms with E-state index in [-0.39, 0.29) is 24.2 Å². The second kappa shape index (κ2) is 51.9. The highest BCUT2D eigenvalue weighted by Gasteiger charge is 2.53. The summed E-state index contributed by atoms with van der Waals surface area (Å²) in [6.45, 7) is 15.3. The highest BCUT2D eigenvalue weighted by molar-refractivity contribution is 5.89. The first-order valence-corrected chi connectivity index (χ1v) is 29.8. The van der Waals surface area contributed by atoms with E-state index in [2.05, 4.69) is 41.5 Å². The third kappa shape index (κ3) is 38.3. The first-order chi connectivity index (χ1) is 33.4. The van der Waals surface area contributed by atoms with Crippen molar-refractivity contribution in [3.05, 3.63) is 11.5 Å². The molecule has 0 rings (SSSR count). The van der Waals surface area contributed by atoms with Gasteiger partial charge in [-0.15, -0.1) is 0 Å². The molecule has 0 aromatic carbocycles. The van der Waals surface area contributed by atoms with Crippen molar-refractivity contribution in [1.82, 2.24) is 0 Å². The molecule has 0 aliphatic carbocycles. The van der Waals surface area contributed by atoms with Crippen LogP contribution >= 0.6 is 0 Å². The number of carboxylic acid groups (broad SMARTS) is 1. The number of ether oxygens (including phenoxy) is 6. The van der Waals surface area contributed by atoms with Crippen molar-refractivity contribution in [2.45, 2.75) is 323 Å². The molecule has 0 aliphatic rings. The van der Waals surface area contributed by atoms with E-state index < -0.39 is 18.0 Å². The lowest BCUT2D eigenvalue weighted by Gasteiger charge is -2.40. The molecule has 0 aliphatic heterocycles. The summed E-state index contributed by atoms with van der Waals surface area (Å²) in [6, 6.07) is 0. The molecule has 0 aromatic rings. The normalized spacial score (nSPS) is 12.8. The molecule has 68 heavy (non-hydrogen) atoms. The maximum Gasteiger partial charge on any atom is 0.344 e. The number of hydrogen-bond donors (Lipinski definition) is 2. The zero-order valence-corrected chi connectivity index (χ0v) is 46.1. The Kier molecular flexibility index (Phi) is 50.9. The van der Waals surface area contributed by atoms with Crippen LogP contribution < -0.4 is 0 Å². The number of rotatable bonds is 57. The Morgan fingerprint density at radius 3 is 0.985 bits per heavy atom.